The molecule has 0 aliphatic rings. The van der Waals surface area contributed by atoms with E-state index in [0.717, 1.165) is 57.7 Å². The summed E-state index contributed by atoms with van der Waals surface area (Å²) in [7, 11) is 0. The van der Waals surface area contributed by atoms with E-state index in [2.05, 4.69) is 34.2 Å². The van der Waals surface area contributed by atoms with Gasteiger partial charge in [-0.3, -0.25) is 0 Å². The number of alkyl halides is 3. The van der Waals surface area contributed by atoms with E-state index in [4.69, 9.17) is 15.4 Å². The maximum Gasteiger partial charge on any atom is 0.394 e. The normalized spacial score (nSPS) is 14.4. The fourth-order valence-electron chi connectivity index (χ4n) is 6.68. The Morgan fingerprint density at radius 2 is 1.52 bits per heavy atom. The number of nitrogens with zero attached hydrogens (tertiary/aromatic N) is 2. The van der Waals surface area contributed by atoms with E-state index >= 15 is 0 Å². The average Bonchev–Trinajstić information content (AvgIpc) is 3.68. The molecule has 0 aliphatic carbocycles. The Hall–Kier alpha value is -5.88. The molecule has 0 saturated heterocycles. The Morgan fingerprint density at radius 3 is 2.26 bits per heavy atom. The molecule has 3 heterocycles. The summed E-state index contributed by atoms with van der Waals surface area (Å²) in [5, 5.41) is 4.21. The predicted octanol–water partition coefficient (Wildman–Crippen LogP) is 14.2. The van der Waals surface area contributed by atoms with Gasteiger partial charge in [0, 0.05) is 48.9 Å². The van der Waals surface area contributed by atoms with Crippen molar-refractivity contribution in [3.63, 3.8) is 0 Å². The first-order valence-electron chi connectivity index (χ1n) is 22.1. The molecule has 3 aromatic heterocycles. The second-order valence-electron chi connectivity index (χ2n) is 14.1. The second-order valence-corrected chi connectivity index (χ2v) is 14.1. The summed E-state index contributed by atoms with van der Waals surface area (Å²) in [5.74, 6) is 0. The molecule has 0 unspecified atom stereocenters. The Balaban J connectivity index is 0.000000210. The minimum atomic E-state index is -4.70. The molecule has 7 heteroatoms. The minimum Gasteiger partial charge on any atom is -0.501 e. The standard InChI is InChI=1S/C32H23F3NO.C19H16N.Ir/c1-31(2,32(33,34)35)19-20-10-12-21(13-11-20)23-16-17-36-27(18-23)25-8-5-9-26-29-24-7-4-3-6-22(24)14-15-28(29)37-30(25)26;1-14-8-11-19(20-13-14)17-10-9-15(2)18(12-17)16-6-4-3-5-7-16;/h3-7,9-18H,19H2,1-2H3;3-9,11-13H,1-2H3;/q2*-1;/i19D2;1D3,2D3;. The van der Waals surface area contributed by atoms with Crippen LogP contribution in [0.15, 0.2) is 156 Å². The maximum atomic E-state index is 13.6. The van der Waals surface area contributed by atoms with Crippen LogP contribution in [-0.2, 0) is 26.5 Å². The van der Waals surface area contributed by atoms with Crippen LogP contribution in [0.5, 0.6) is 0 Å². The summed E-state index contributed by atoms with van der Waals surface area (Å²) in [6.45, 7) is -2.71. The molecule has 0 atom stereocenters. The molecular weight excluding hydrogens is 906 g/mol. The van der Waals surface area contributed by atoms with Crippen LogP contribution in [-0.4, -0.2) is 16.1 Å². The third-order valence-corrected chi connectivity index (χ3v) is 9.80. The summed E-state index contributed by atoms with van der Waals surface area (Å²) in [5.41, 5.74) is 4.59. The number of hydrogen-bond donors (Lipinski definition) is 0. The van der Waals surface area contributed by atoms with Gasteiger partial charge in [0.05, 0.1) is 11.0 Å². The van der Waals surface area contributed by atoms with Crippen LogP contribution >= 0.6 is 0 Å². The Morgan fingerprint density at radius 1 is 0.724 bits per heavy atom. The van der Waals surface area contributed by atoms with Crippen molar-refractivity contribution < 1.29 is 48.7 Å². The van der Waals surface area contributed by atoms with Gasteiger partial charge in [-0.25, -0.2) is 0 Å². The molecule has 0 fully saturated rings. The fraction of sp³-hybridized carbons (Fsp3) is 0.137. The van der Waals surface area contributed by atoms with Gasteiger partial charge in [0.25, 0.3) is 0 Å². The Bertz CT molecular complexity index is 3170. The number of aryl methyl sites for hydroxylation is 2. The van der Waals surface area contributed by atoms with Crippen LogP contribution in [0.4, 0.5) is 13.2 Å². The van der Waals surface area contributed by atoms with Gasteiger partial charge >= 0.3 is 6.18 Å². The molecule has 1 radical (unpaired) electrons. The number of furan rings is 1. The number of pyridine rings is 2. The smallest absolute Gasteiger partial charge is 0.394 e. The van der Waals surface area contributed by atoms with Gasteiger partial charge in [-0.05, 0) is 75.3 Å². The molecule has 0 N–H and O–H groups in total. The minimum absolute atomic E-state index is 0. The van der Waals surface area contributed by atoms with Crippen LogP contribution in [0.25, 0.3) is 77.5 Å². The van der Waals surface area contributed by atoms with E-state index in [9.17, 15) is 13.2 Å². The zero-order valence-corrected chi connectivity index (χ0v) is 33.6. The van der Waals surface area contributed by atoms with E-state index in [1.54, 1.807) is 36.5 Å². The van der Waals surface area contributed by atoms with Gasteiger partial charge in [0.1, 0.15) is 5.58 Å². The SMILES string of the molecule is [2H]C([2H])([2H])c1ccc(-c2[c-]cc(C([2H])([2H])[2H])c(-c3ccccc3)c2)nc1.[2H]C([2H])(c1ccc(-c2ccnc(-c3[c-]ccc4c3oc3ccc5ccccc5c34)c2)cc1)C(C)(C)C(F)(F)F.[Ir]. The van der Waals surface area contributed by atoms with Gasteiger partial charge < -0.3 is 14.4 Å². The number of halogens is 3. The van der Waals surface area contributed by atoms with Crippen molar-refractivity contribution in [3.8, 4) is 44.8 Å². The molecule has 58 heavy (non-hydrogen) atoms. The number of hydrogen-bond acceptors (Lipinski definition) is 3. The monoisotopic (exact) mass is 953 g/mol. The number of benzene rings is 6. The van der Waals surface area contributed by atoms with Crippen molar-refractivity contribution in [1.82, 2.24) is 9.97 Å². The van der Waals surface area contributed by atoms with Gasteiger partial charge in [-0.1, -0.05) is 140 Å². The summed E-state index contributed by atoms with van der Waals surface area (Å²) < 4.78 is 109. The van der Waals surface area contributed by atoms with Gasteiger partial charge in [-0.2, -0.15) is 13.2 Å². The third kappa shape index (κ3) is 8.24. The summed E-state index contributed by atoms with van der Waals surface area (Å²) in [6, 6.07) is 47.5. The molecule has 0 bridgehead atoms. The second kappa shape index (κ2) is 16.5. The van der Waals surface area contributed by atoms with Gasteiger partial charge in [0.2, 0.25) is 0 Å². The van der Waals surface area contributed by atoms with Crippen LogP contribution in [0.1, 0.15) is 41.5 Å². The average molecular weight is 953 g/mol. The van der Waals surface area contributed by atoms with Crippen LogP contribution in [0.2, 0.25) is 0 Å². The van der Waals surface area contributed by atoms with E-state index in [1.165, 1.54) is 30.5 Å². The molecule has 6 aromatic carbocycles. The van der Waals surface area contributed by atoms with Gasteiger partial charge in [-0.15, -0.1) is 47.5 Å². The van der Waals surface area contributed by atoms with E-state index < -0.39 is 31.7 Å². The van der Waals surface area contributed by atoms with Crippen molar-refractivity contribution >= 4 is 32.7 Å². The Labute approximate surface area is 361 Å². The molecule has 0 spiro atoms. The van der Waals surface area contributed by atoms with E-state index in [1.807, 2.05) is 72.8 Å². The molecule has 9 rings (SSSR count). The summed E-state index contributed by atoms with van der Waals surface area (Å²) >= 11 is 0. The number of rotatable bonds is 6. The molecular formula is C51H39F3IrN2O-2. The molecule has 0 amide bonds. The topological polar surface area (TPSA) is 38.9 Å². The molecule has 0 aliphatic heterocycles. The number of aromatic nitrogens is 2. The zero-order chi connectivity index (χ0) is 46.5. The Kier molecular flexibility index (Phi) is 8.88. The molecule has 3 nitrogen and oxygen atoms in total. The summed E-state index contributed by atoms with van der Waals surface area (Å²) in [4.78, 5) is 8.77. The van der Waals surface area contributed by atoms with E-state index in [-0.39, 0.29) is 36.8 Å². The first-order valence-corrected chi connectivity index (χ1v) is 18.1. The van der Waals surface area contributed by atoms with Crippen LogP contribution < -0.4 is 0 Å². The third-order valence-electron chi connectivity index (χ3n) is 9.80. The van der Waals surface area contributed by atoms with Crippen LogP contribution in [0, 0.1) is 31.3 Å². The first kappa shape index (κ1) is 31.2. The fourth-order valence-corrected chi connectivity index (χ4v) is 6.68. The quantitative estimate of drug-likeness (QED) is 0.156. The largest absolute Gasteiger partial charge is 0.501 e. The van der Waals surface area contributed by atoms with E-state index in [0.29, 0.717) is 33.7 Å². The van der Waals surface area contributed by atoms with Crippen LogP contribution in [0.3, 0.4) is 0 Å². The zero-order valence-electron chi connectivity index (χ0n) is 39.2. The molecule has 0 saturated carbocycles. The van der Waals surface area contributed by atoms with Crippen molar-refractivity contribution in [1.29, 1.82) is 0 Å². The van der Waals surface area contributed by atoms with Crippen molar-refractivity contribution in [2.75, 3.05) is 0 Å². The van der Waals surface area contributed by atoms with Crippen molar-refractivity contribution in [2.45, 2.75) is 40.1 Å². The number of fused-ring (bicyclic) bond motifs is 5. The van der Waals surface area contributed by atoms with Gasteiger partial charge in [0.15, 0.2) is 0 Å². The maximum absolute atomic E-state index is 13.6. The van der Waals surface area contributed by atoms with Crippen molar-refractivity contribution in [2.24, 2.45) is 5.41 Å². The van der Waals surface area contributed by atoms with Crippen molar-refractivity contribution in [3.05, 3.63) is 181 Å². The first-order chi connectivity index (χ1) is 30.6. The summed E-state index contributed by atoms with van der Waals surface area (Å²) in [6.07, 6.45) is -4.33. The molecule has 291 valence electrons. The predicted molar refractivity (Wildman–Crippen MR) is 226 cm³/mol. The molecule has 9 aromatic rings.